The lowest BCUT2D eigenvalue weighted by molar-refractivity contribution is -0.883. The van der Waals surface area contributed by atoms with Gasteiger partial charge in [0, 0.05) is 6.61 Å². The largest absolute Gasteiger partial charge is 0.459 e. The molecule has 0 radical (unpaired) electrons. The Labute approximate surface area is 153 Å². The van der Waals surface area contributed by atoms with Crippen LogP contribution in [0.25, 0.3) is 0 Å². The van der Waals surface area contributed by atoms with Crippen molar-refractivity contribution < 1.29 is 23.5 Å². The Bertz CT molecular complexity index is 463. The van der Waals surface area contributed by atoms with Crippen LogP contribution in [0, 0.1) is 16.7 Å². The lowest BCUT2D eigenvalue weighted by Gasteiger charge is -2.39. The topological polar surface area (TPSA) is 44.8 Å². The Kier molecular flexibility index (Phi) is 6.55. The van der Waals surface area contributed by atoms with E-state index in [9.17, 15) is 4.79 Å². The van der Waals surface area contributed by atoms with E-state index in [0.29, 0.717) is 54.4 Å². The van der Waals surface area contributed by atoms with Gasteiger partial charge in [0.1, 0.15) is 13.2 Å². The minimum atomic E-state index is -0.169. The van der Waals surface area contributed by atoms with Gasteiger partial charge in [0.15, 0.2) is 6.54 Å². The first-order valence-corrected chi connectivity index (χ1v) is 9.79. The summed E-state index contributed by atoms with van der Waals surface area (Å²) in [5, 5.41) is 0. The molecule has 0 saturated heterocycles. The number of rotatable bonds is 10. The summed E-state index contributed by atoms with van der Waals surface area (Å²) in [6.07, 6.45) is 4.17. The molecule has 2 aliphatic carbocycles. The molecule has 2 bridgehead atoms. The molecule has 0 spiro atoms. The van der Waals surface area contributed by atoms with Crippen molar-refractivity contribution in [2.75, 3.05) is 53.6 Å². The predicted molar refractivity (Wildman–Crippen MR) is 98.3 cm³/mol. The fourth-order valence-electron chi connectivity index (χ4n) is 4.66. The molecule has 0 amide bonds. The summed E-state index contributed by atoms with van der Waals surface area (Å²) in [4.78, 5) is 11.9. The van der Waals surface area contributed by atoms with Crippen molar-refractivity contribution in [3.63, 3.8) is 0 Å². The summed E-state index contributed by atoms with van der Waals surface area (Å²) in [7, 11) is 4.11. The van der Waals surface area contributed by atoms with Crippen molar-refractivity contribution in [3.8, 4) is 0 Å². The molecule has 0 aromatic heterocycles. The number of carbonyl (C=O) groups is 1. The molecule has 146 valence electrons. The van der Waals surface area contributed by atoms with E-state index in [0.717, 1.165) is 12.5 Å². The maximum Gasteiger partial charge on any atom is 0.361 e. The molecule has 0 aromatic rings. The highest BCUT2D eigenvalue weighted by Crippen LogP contribution is 2.66. The standard InChI is InChI=1S/C20H38NO4/c1-7-23-12-13-25-18(22)15-21(5,6)10-11-24-17-14-16-8-9-20(17,4)19(16,2)3/h16-17H,7-15H2,1-6H3/q+1/t16-,17+,20-/m1/s1. The average Bonchev–Trinajstić information content (AvgIpc) is 2.84. The third-order valence-corrected chi connectivity index (χ3v) is 6.98. The van der Waals surface area contributed by atoms with Crippen molar-refractivity contribution >= 4 is 5.97 Å². The lowest BCUT2D eigenvalue weighted by Crippen LogP contribution is -2.47. The van der Waals surface area contributed by atoms with Gasteiger partial charge in [0.05, 0.1) is 33.4 Å². The van der Waals surface area contributed by atoms with Gasteiger partial charge in [-0.25, -0.2) is 4.79 Å². The first kappa shape index (κ1) is 20.7. The van der Waals surface area contributed by atoms with Crippen molar-refractivity contribution in [3.05, 3.63) is 0 Å². The van der Waals surface area contributed by atoms with E-state index >= 15 is 0 Å². The zero-order valence-electron chi connectivity index (χ0n) is 17.1. The van der Waals surface area contributed by atoms with Gasteiger partial charge >= 0.3 is 5.97 Å². The van der Waals surface area contributed by atoms with Crippen LogP contribution in [0.1, 0.15) is 47.0 Å². The summed E-state index contributed by atoms with van der Waals surface area (Å²) in [6, 6.07) is 0. The van der Waals surface area contributed by atoms with Crippen molar-refractivity contribution in [2.24, 2.45) is 16.7 Å². The first-order chi connectivity index (χ1) is 11.6. The van der Waals surface area contributed by atoms with Crippen molar-refractivity contribution in [2.45, 2.75) is 53.1 Å². The molecule has 0 aromatic carbocycles. The third kappa shape index (κ3) is 4.55. The Hall–Kier alpha value is -0.650. The molecule has 3 atom stereocenters. The van der Waals surface area contributed by atoms with Crippen LogP contribution in [-0.4, -0.2) is 70.2 Å². The Morgan fingerprint density at radius 1 is 1.16 bits per heavy atom. The molecule has 25 heavy (non-hydrogen) atoms. The second-order valence-electron chi connectivity index (χ2n) is 9.20. The van der Waals surface area contributed by atoms with Crippen LogP contribution in [0.4, 0.5) is 0 Å². The number of nitrogens with zero attached hydrogens (tertiary/aromatic N) is 1. The SMILES string of the molecule is CCOCCOC(=O)C[N+](C)(C)CCO[C@H]1C[C@H]2CC[C@@]1(C)C2(C)C. The van der Waals surface area contributed by atoms with Crippen LogP contribution in [0.3, 0.4) is 0 Å². The van der Waals surface area contributed by atoms with Crippen molar-refractivity contribution in [1.29, 1.82) is 0 Å². The molecule has 0 unspecified atom stereocenters. The normalized spacial score (nSPS) is 30.6. The second kappa shape index (κ2) is 7.93. The Morgan fingerprint density at radius 3 is 2.44 bits per heavy atom. The second-order valence-corrected chi connectivity index (χ2v) is 9.20. The number of esters is 1. The summed E-state index contributed by atoms with van der Waals surface area (Å²) < 4.78 is 17.3. The minimum absolute atomic E-state index is 0.169. The van der Waals surface area contributed by atoms with Gasteiger partial charge in [0.2, 0.25) is 0 Å². The van der Waals surface area contributed by atoms with Crippen LogP contribution < -0.4 is 0 Å². The van der Waals surface area contributed by atoms with E-state index in [1.54, 1.807) is 0 Å². The molecule has 2 rings (SSSR count). The third-order valence-electron chi connectivity index (χ3n) is 6.98. The van der Waals surface area contributed by atoms with Gasteiger partial charge in [0.25, 0.3) is 0 Å². The highest BCUT2D eigenvalue weighted by molar-refractivity contribution is 5.70. The van der Waals surface area contributed by atoms with E-state index in [1.165, 1.54) is 19.3 Å². The van der Waals surface area contributed by atoms with E-state index in [4.69, 9.17) is 14.2 Å². The van der Waals surface area contributed by atoms with E-state index in [-0.39, 0.29) is 5.97 Å². The van der Waals surface area contributed by atoms with Gasteiger partial charge < -0.3 is 18.7 Å². The minimum Gasteiger partial charge on any atom is -0.459 e. The van der Waals surface area contributed by atoms with Crippen LogP contribution >= 0.6 is 0 Å². The maximum absolute atomic E-state index is 11.9. The summed E-state index contributed by atoms with van der Waals surface area (Å²) >= 11 is 0. The number of carbonyl (C=O) groups excluding carboxylic acids is 1. The van der Waals surface area contributed by atoms with E-state index in [1.807, 2.05) is 6.92 Å². The van der Waals surface area contributed by atoms with Gasteiger partial charge in [-0.05, 0) is 42.9 Å². The molecular weight excluding hydrogens is 318 g/mol. The quantitative estimate of drug-likeness (QED) is 0.343. The number of hydrogen-bond acceptors (Lipinski definition) is 4. The van der Waals surface area contributed by atoms with Gasteiger partial charge in [-0.3, -0.25) is 0 Å². The smallest absolute Gasteiger partial charge is 0.361 e. The summed E-state index contributed by atoms with van der Waals surface area (Å²) in [6.45, 7) is 12.5. The molecule has 5 heteroatoms. The molecule has 2 saturated carbocycles. The number of ether oxygens (including phenoxy) is 3. The predicted octanol–water partition coefficient (Wildman–Crippen LogP) is 2.87. The zero-order valence-corrected chi connectivity index (χ0v) is 17.1. The van der Waals surface area contributed by atoms with Gasteiger partial charge in [-0.15, -0.1) is 0 Å². The highest BCUT2D eigenvalue weighted by Gasteiger charge is 2.61. The molecule has 0 N–H and O–H groups in total. The van der Waals surface area contributed by atoms with Crippen LogP contribution in [-0.2, 0) is 19.0 Å². The van der Waals surface area contributed by atoms with E-state index < -0.39 is 0 Å². The molecule has 5 nitrogen and oxygen atoms in total. The van der Waals surface area contributed by atoms with Crippen molar-refractivity contribution in [1.82, 2.24) is 0 Å². The lowest BCUT2D eigenvalue weighted by atomic mass is 9.70. The summed E-state index contributed by atoms with van der Waals surface area (Å²) in [5.41, 5.74) is 0.680. The number of hydrogen-bond donors (Lipinski definition) is 0. The Balaban J connectivity index is 1.71. The molecule has 2 aliphatic rings. The average molecular weight is 357 g/mol. The Morgan fingerprint density at radius 2 is 1.88 bits per heavy atom. The first-order valence-electron chi connectivity index (χ1n) is 9.79. The van der Waals surface area contributed by atoms with E-state index in [2.05, 4.69) is 34.9 Å². The molecular formula is C20H38NO4+. The highest BCUT2D eigenvalue weighted by atomic mass is 16.6. The number of quaternary nitrogens is 1. The van der Waals surface area contributed by atoms with Crippen LogP contribution in [0.15, 0.2) is 0 Å². The molecule has 0 heterocycles. The fourth-order valence-corrected chi connectivity index (χ4v) is 4.66. The zero-order chi connectivity index (χ0) is 18.7. The van der Waals surface area contributed by atoms with Gasteiger partial charge in [-0.2, -0.15) is 0 Å². The number of likely N-dealkylation sites (N-methyl/N-ethyl adjacent to an activating group) is 1. The maximum atomic E-state index is 11.9. The van der Waals surface area contributed by atoms with Gasteiger partial charge in [-0.1, -0.05) is 20.8 Å². The number of fused-ring (bicyclic) bond motifs is 2. The monoisotopic (exact) mass is 356 g/mol. The summed E-state index contributed by atoms with van der Waals surface area (Å²) in [5.74, 6) is 0.628. The van der Waals surface area contributed by atoms with Crippen LogP contribution in [0.5, 0.6) is 0 Å². The van der Waals surface area contributed by atoms with Crippen LogP contribution in [0.2, 0.25) is 0 Å². The fraction of sp³-hybridized carbons (Fsp3) is 0.950. The molecule has 2 fully saturated rings. The molecule has 0 aliphatic heterocycles.